The van der Waals surface area contributed by atoms with Gasteiger partial charge in [0.2, 0.25) is 5.91 Å². The third-order valence-electron chi connectivity index (χ3n) is 6.09. The van der Waals surface area contributed by atoms with Gasteiger partial charge in [0.05, 0.1) is 5.60 Å². The fourth-order valence-electron chi connectivity index (χ4n) is 3.59. The number of likely N-dealkylation sites (tertiary alicyclic amines) is 1. The van der Waals surface area contributed by atoms with E-state index in [4.69, 9.17) is 4.74 Å². The largest absolute Gasteiger partial charge is 0.378 e. The zero-order valence-electron chi connectivity index (χ0n) is 15.4. The maximum absolute atomic E-state index is 11.4. The molecular weight excluding hydrogens is 292 g/mol. The number of methoxy groups -OCH3 is 1. The molecule has 1 saturated carbocycles. The van der Waals surface area contributed by atoms with Crippen molar-refractivity contribution in [2.45, 2.75) is 64.6 Å². The molecule has 0 radical (unpaired) electrons. The van der Waals surface area contributed by atoms with Crippen LogP contribution in [-0.4, -0.2) is 61.7 Å². The van der Waals surface area contributed by atoms with Crippen LogP contribution in [0.1, 0.15) is 47.0 Å². The minimum absolute atomic E-state index is 0.0529. The van der Waals surface area contributed by atoms with Crippen LogP contribution in [0.2, 0.25) is 0 Å². The van der Waals surface area contributed by atoms with Crippen LogP contribution >= 0.6 is 0 Å². The molecule has 2 unspecified atom stereocenters. The zero-order chi connectivity index (χ0) is 17.3. The summed E-state index contributed by atoms with van der Waals surface area (Å²) in [5.74, 6) is 1.02. The monoisotopic (exact) mass is 324 g/mol. The van der Waals surface area contributed by atoms with Crippen LogP contribution in [0.4, 0.5) is 0 Å². The summed E-state index contributed by atoms with van der Waals surface area (Å²) in [6.45, 7) is 9.91. The molecule has 23 heavy (non-hydrogen) atoms. The average molecular weight is 324 g/mol. The van der Waals surface area contributed by atoms with Crippen molar-refractivity contribution in [3.05, 3.63) is 0 Å². The first-order chi connectivity index (χ1) is 10.7. The fourth-order valence-corrected chi connectivity index (χ4v) is 3.59. The van der Waals surface area contributed by atoms with Crippen molar-refractivity contribution in [1.29, 1.82) is 0 Å². The van der Waals surface area contributed by atoms with Crippen LogP contribution in [0.3, 0.4) is 0 Å². The zero-order valence-corrected chi connectivity index (χ0v) is 15.4. The lowest BCUT2D eigenvalue weighted by atomic mass is 9.56. The van der Waals surface area contributed by atoms with Gasteiger partial charge in [0.1, 0.15) is 0 Å². The maximum Gasteiger partial charge on any atom is 0.219 e. The molecule has 0 aromatic heterocycles. The van der Waals surface area contributed by atoms with Crippen molar-refractivity contribution in [2.75, 3.05) is 27.2 Å². The molecule has 1 aliphatic carbocycles. The summed E-state index contributed by atoms with van der Waals surface area (Å²) in [5, 5.41) is 7.05. The van der Waals surface area contributed by atoms with Gasteiger partial charge in [-0.05, 0) is 26.2 Å². The number of nitrogens with zero attached hydrogens (tertiary/aromatic N) is 2. The van der Waals surface area contributed by atoms with Gasteiger partial charge in [-0.2, -0.15) is 0 Å². The summed E-state index contributed by atoms with van der Waals surface area (Å²) in [5.41, 5.74) is -0.0340. The van der Waals surface area contributed by atoms with Crippen LogP contribution in [0.15, 0.2) is 4.99 Å². The Morgan fingerprint density at radius 3 is 2.26 bits per heavy atom. The number of guanidine groups is 1. The van der Waals surface area contributed by atoms with Crippen LogP contribution in [0.25, 0.3) is 0 Å². The number of hydrogen-bond donors (Lipinski definition) is 2. The van der Waals surface area contributed by atoms with Gasteiger partial charge in [-0.1, -0.05) is 13.8 Å². The summed E-state index contributed by atoms with van der Waals surface area (Å²) >= 11 is 0. The lowest BCUT2D eigenvalue weighted by molar-refractivity contribution is -0.176. The van der Waals surface area contributed by atoms with Gasteiger partial charge in [-0.25, -0.2) is 0 Å². The summed E-state index contributed by atoms with van der Waals surface area (Å²) in [6, 6.07) is 0.713. The van der Waals surface area contributed by atoms with Gasteiger partial charge in [-0.3, -0.25) is 9.79 Å². The van der Waals surface area contributed by atoms with Gasteiger partial charge >= 0.3 is 0 Å². The van der Waals surface area contributed by atoms with Crippen molar-refractivity contribution in [2.24, 2.45) is 10.4 Å². The van der Waals surface area contributed by atoms with E-state index in [1.54, 1.807) is 21.1 Å². The van der Waals surface area contributed by atoms with Crippen molar-refractivity contribution >= 4 is 11.9 Å². The second kappa shape index (κ2) is 6.67. The van der Waals surface area contributed by atoms with Crippen LogP contribution < -0.4 is 10.6 Å². The van der Waals surface area contributed by atoms with E-state index >= 15 is 0 Å². The minimum Gasteiger partial charge on any atom is -0.378 e. The predicted molar refractivity (Wildman–Crippen MR) is 92.5 cm³/mol. The highest BCUT2D eigenvalue weighted by molar-refractivity contribution is 5.80. The Hall–Kier alpha value is -1.30. The number of piperidine rings is 1. The molecule has 0 bridgehead atoms. The smallest absolute Gasteiger partial charge is 0.219 e. The number of nitrogens with one attached hydrogen (secondary N) is 2. The lowest BCUT2D eigenvalue weighted by Gasteiger charge is -2.59. The normalized spacial score (nSPS) is 31.5. The molecule has 2 aliphatic rings. The first-order valence-electron chi connectivity index (χ1n) is 8.54. The van der Waals surface area contributed by atoms with E-state index in [-0.39, 0.29) is 16.9 Å². The van der Waals surface area contributed by atoms with Gasteiger partial charge in [0.15, 0.2) is 5.96 Å². The molecule has 1 aliphatic heterocycles. The first-order valence-corrected chi connectivity index (χ1v) is 8.54. The molecule has 0 aromatic rings. The van der Waals surface area contributed by atoms with Crippen molar-refractivity contribution in [3.63, 3.8) is 0 Å². The number of aliphatic imine (C=N–C) groups is 1. The Bertz CT molecular complexity index is 469. The number of ether oxygens (including phenoxy) is 1. The summed E-state index contributed by atoms with van der Waals surface area (Å²) in [7, 11) is 3.59. The van der Waals surface area contributed by atoms with Gasteiger partial charge in [-0.15, -0.1) is 0 Å². The number of carbonyl (C=O) groups is 1. The molecule has 1 saturated heterocycles. The fraction of sp³-hybridized carbons (Fsp3) is 0.882. The predicted octanol–water partition coefficient (Wildman–Crippen LogP) is 1.37. The highest BCUT2D eigenvalue weighted by Crippen LogP contribution is 2.51. The van der Waals surface area contributed by atoms with Crippen LogP contribution in [-0.2, 0) is 9.53 Å². The average Bonchev–Trinajstić information content (AvgIpc) is 2.53. The van der Waals surface area contributed by atoms with Gasteiger partial charge in [0.25, 0.3) is 0 Å². The third kappa shape index (κ3) is 3.47. The minimum atomic E-state index is -0.0870. The number of hydrogen-bond acceptors (Lipinski definition) is 3. The number of carbonyl (C=O) groups excluding carboxylic acids is 1. The Labute approximate surface area is 140 Å². The maximum atomic E-state index is 11.4. The first kappa shape index (κ1) is 18.0. The molecule has 1 heterocycles. The van der Waals surface area contributed by atoms with Gasteiger partial charge < -0.3 is 20.3 Å². The second-order valence-electron chi connectivity index (χ2n) is 7.55. The molecular formula is C17H32N4O2. The Morgan fingerprint density at radius 2 is 1.83 bits per heavy atom. The second-order valence-corrected chi connectivity index (χ2v) is 7.55. The third-order valence-corrected chi connectivity index (χ3v) is 6.09. The van der Waals surface area contributed by atoms with E-state index in [2.05, 4.69) is 36.4 Å². The van der Waals surface area contributed by atoms with Crippen molar-refractivity contribution < 1.29 is 9.53 Å². The molecule has 6 heteroatoms. The molecule has 6 nitrogen and oxygen atoms in total. The van der Waals surface area contributed by atoms with Crippen LogP contribution in [0, 0.1) is 5.41 Å². The van der Waals surface area contributed by atoms with E-state index in [0.29, 0.717) is 12.1 Å². The molecule has 132 valence electrons. The van der Waals surface area contributed by atoms with Gasteiger partial charge in [0, 0.05) is 51.7 Å². The van der Waals surface area contributed by atoms with E-state index in [9.17, 15) is 4.79 Å². The molecule has 2 rings (SSSR count). The molecule has 1 amide bonds. The van der Waals surface area contributed by atoms with Crippen LogP contribution in [0.5, 0.6) is 0 Å². The molecule has 2 N–H and O–H groups in total. The molecule has 2 atom stereocenters. The number of amides is 1. The Balaban J connectivity index is 1.85. The summed E-state index contributed by atoms with van der Waals surface area (Å²) < 4.78 is 5.68. The Kier molecular flexibility index (Phi) is 5.23. The molecule has 2 fully saturated rings. The number of rotatable bonds is 3. The topological polar surface area (TPSA) is 66.0 Å². The lowest BCUT2D eigenvalue weighted by Crippen LogP contribution is -2.69. The van der Waals surface area contributed by atoms with E-state index < -0.39 is 0 Å². The van der Waals surface area contributed by atoms with E-state index in [0.717, 1.165) is 38.3 Å². The van der Waals surface area contributed by atoms with E-state index in [1.807, 2.05) is 4.90 Å². The summed E-state index contributed by atoms with van der Waals surface area (Å²) in [4.78, 5) is 17.7. The molecule has 0 aromatic carbocycles. The quantitative estimate of drug-likeness (QED) is 0.608. The summed E-state index contributed by atoms with van der Waals surface area (Å²) in [6.07, 6.45) is 2.90. The molecule has 0 spiro atoms. The van der Waals surface area contributed by atoms with E-state index in [1.165, 1.54) is 0 Å². The Morgan fingerprint density at radius 1 is 1.22 bits per heavy atom. The SMILES string of the molecule is CN=C(NC1CCN(C(C)=O)CC1)NC1CC(C)(OC)C1(C)C. The highest BCUT2D eigenvalue weighted by Gasteiger charge is 2.58. The highest BCUT2D eigenvalue weighted by atomic mass is 16.5. The standard InChI is InChI=1S/C17H32N4O2/c1-12(22)21-9-7-13(8-10-21)19-15(18-5)20-14-11-17(4,23-6)16(14,2)3/h13-14H,7-11H2,1-6H3,(H2,18,19,20). The van der Waals surface area contributed by atoms with Crippen molar-refractivity contribution in [3.8, 4) is 0 Å². The van der Waals surface area contributed by atoms with Crippen molar-refractivity contribution in [1.82, 2.24) is 15.5 Å².